The summed E-state index contributed by atoms with van der Waals surface area (Å²) in [5.74, 6) is 0. The van der Waals surface area contributed by atoms with Crippen LogP contribution in [0.5, 0.6) is 0 Å². The van der Waals surface area contributed by atoms with Crippen molar-refractivity contribution in [1.29, 1.82) is 0 Å². The van der Waals surface area contributed by atoms with Gasteiger partial charge in [-0.15, -0.1) is 0 Å². The van der Waals surface area contributed by atoms with E-state index in [-0.39, 0.29) is 12.0 Å². The summed E-state index contributed by atoms with van der Waals surface area (Å²) >= 11 is 0. The fraction of sp³-hybridized carbons (Fsp3) is 0.400. The van der Waals surface area contributed by atoms with Crippen molar-refractivity contribution < 1.29 is 26.3 Å². The minimum absolute atomic E-state index is 0.134. The van der Waals surface area contributed by atoms with Crippen LogP contribution in [0.25, 0.3) is 0 Å². The Labute approximate surface area is 87.9 Å². The van der Waals surface area contributed by atoms with Gasteiger partial charge in [-0.05, 0) is 25.0 Å². The molecule has 1 aliphatic rings. The first kappa shape index (κ1) is 12.9. The maximum atomic E-state index is 12.3. The summed E-state index contributed by atoms with van der Waals surface area (Å²) in [5.41, 5.74) is -2.39. The minimum Gasteiger partial charge on any atom is -0.166 e. The Balaban J connectivity index is 3.14. The highest BCUT2D eigenvalue weighted by Gasteiger charge is 2.36. The van der Waals surface area contributed by atoms with E-state index in [1.54, 1.807) is 0 Å². The van der Waals surface area contributed by atoms with Crippen molar-refractivity contribution in [2.45, 2.75) is 25.7 Å². The van der Waals surface area contributed by atoms with Gasteiger partial charge in [0.05, 0.1) is 5.57 Å². The van der Waals surface area contributed by atoms with Gasteiger partial charge >= 0.3 is 12.4 Å². The van der Waals surface area contributed by atoms with Gasteiger partial charge in [-0.2, -0.15) is 26.3 Å². The van der Waals surface area contributed by atoms with Crippen molar-refractivity contribution in [2.75, 3.05) is 0 Å². The third-order valence-electron chi connectivity index (χ3n) is 2.20. The van der Waals surface area contributed by atoms with Gasteiger partial charge in [-0.1, -0.05) is 12.2 Å². The number of rotatable bonds is 0. The molecule has 16 heavy (non-hydrogen) atoms. The molecule has 0 radical (unpaired) electrons. The Bertz CT molecular complexity index is 352. The lowest BCUT2D eigenvalue weighted by atomic mass is 9.97. The lowest BCUT2D eigenvalue weighted by Crippen LogP contribution is -2.15. The highest BCUT2D eigenvalue weighted by Crippen LogP contribution is 2.35. The molecule has 0 nitrogen and oxygen atoms in total. The largest absolute Gasteiger partial charge is 0.416 e. The molecule has 0 aromatic carbocycles. The summed E-state index contributed by atoms with van der Waals surface area (Å²) in [4.78, 5) is 0. The topological polar surface area (TPSA) is 0 Å². The number of halogens is 6. The number of allylic oxidation sites excluding steroid dienone is 6. The molecular weight excluding hydrogens is 234 g/mol. The van der Waals surface area contributed by atoms with E-state index in [2.05, 4.69) is 0 Å². The van der Waals surface area contributed by atoms with Crippen LogP contribution >= 0.6 is 0 Å². The van der Waals surface area contributed by atoms with E-state index in [1.807, 2.05) is 0 Å². The van der Waals surface area contributed by atoms with Gasteiger partial charge < -0.3 is 0 Å². The van der Waals surface area contributed by atoms with Gasteiger partial charge in [0.2, 0.25) is 0 Å². The molecule has 0 aromatic heterocycles. The molecule has 0 heterocycles. The van der Waals surface area contributed by atoms with E-state index in [0.29, 0.717) is 6.08 Å². The molecule has 0 saturated carbocycles. The fourth-order valence-electron chi connectivity index (χ4n) is 1.23. The molecule has 0 spiro atoms. The Hall–Kier alpha value is -1.20. The molecule has 0 amide bonds. The van der Waals surface area contributed by atoms with Crippen LogP contribution in [0.15, 0.2) is 34.9 Å². The normalized spacial score (nSPS) is 20.8. The van der Waals surface area contributed by atoms with Gasteiger partial charge in [0.15, 0.2) is 0 Å². The summed E-state index contributed by atoms with van der Waals surface area (Å²) < 4.78 is 73.5. The van der Waals surface area contributed by atoms with Crippen molar-refractivity contribution in [3.63, 3.8) is 0 Å². The average Bonchev–Trinajstić information content (AvgIpc) is 2.14. The first-order chi connectivity index (χ1) is 7.12. The van der Waals surface area contributed by atoms with Gasteiger partial charge in [-0.3, -0.25) is 0 Å². The van der Waals surface area contributed by atoms with E-state index in [1.165, 1.54) is 0 Å². The Kier molecular flexibility index (Phi) is 3.21. The lowest BCUT2D eigenvalue weighted by molar-refractivity contribution is -0.0933. The molecule has 0 bridgehead atoms. The molecule has 90 valence electrons. The van der Waals surface area contributed by atoms with Crippen LogP contribution in [0, 0.1) is 0 Å². The van der Waals surface area contributed by atoms with Gasteiger partial charge in [0, 0.05) is 5.57 Å². The monoisotopic (exact) mass is 242 g/mol. The second kappa shape index (κ2) is 3.99. The fourth-order valence-corrected chi connectivity index (χ4v) is 1.23. The van der Waals surface area contributed by atoms with Gasteiger partial charge in [0.1, 0.15) is 0 Å². The Morgan fingerprint density at radius 3 is 2.12 bits per heavy atom. The molecule has 6 heteroatoms. The molecule has 0 atom stereocenters. The van der Waals surface area contributed by atoms with E-state index >= 15 is 0 Å². The van der Waals surface area contributed by atoms with Crippen molar-refractivity contribution in [3.05, 3.63) is 34.9 Å². The maximum absolute atomic E-state index is 12.3. The zero-order valence-electron chi connectivity index (χ0n) is 8.21. The molecular formula is C10H8F6. The van der Waals surface area contributed by atoms with Crippen LogP contribution in [0.4, 0.5) is 26.3 Å². The molecule has 0 unspecified atom stereocenters. The smallest absolute Gasteiger partial charge is 0.166 e. The quantitative estimate of drug-likeness (QED) is 0.555. The highest BCUT2D eigenvalue weighted by atomic mass is 19.4. The predicted octanol–water partition coefficient (Wildman–Crippen LogP) is 4.31. The molecule has 0 aromatic rings. The van der Waals surface area contributed by atoms with Crippen molar-refractivity contribution in [1.82, 2.24) is 0 Å². The van der Waals surface area contributed by atoms with Crippen LogP contribution in [0.1, 0.15) is 13.3 Å². The summed E-state index contributed by atoms with van der Waals surface area (Å²) in [5, 5.41) is 0. The van der Waals surface area contributed by atoms with Crippen LogP contribution in [0.2, 0.25) is 0 Å². The van der Waals surface area contributed by atoms with Crippen LogP contribution in [0.3, 0.4) is 0 Å². The molecule has 0 fully saturated rings. The second-order valence-corrected chi connectivity index (χ2v) is 3.35. The zero-order chi connectivity index (χ0) is 12.6. The lowest BCUT2D eigenvalue weighted by Gasteiger charge is -2.16. The molecule has 1 rings (SSSR count). The zero-order valence-corrected chi connectivity index (χ0v) is 8.21. The summed E-state index contributed by atoms with van der Waals surface area (Å²) in [6.45, 7) is 0.777. The van der Waals surface area contributed by atoms with Crippen LogP contribution in [-0.2, 0) is 0 Å². The molecule has 1 aliphatic carbocycles. The minimum atomic E-state index is -4.62. The number of alkyl halides is 6. The van der Waals surface area contributed by atoms with E-state index in [4.69, 9.17) is 0 Å². The van der Waals surface area contributed by atoms with E-state index < -0.39 is 23.5 Å². The van der Waals surface area contributed by atoms with Crippen LogP contribution in [-0.4, -0.2) is 12.4 Å². The van der Waals surface area contributed by atoms with Gasteiger partial charge in [-0.25, -0.2) is 0 Å². The maximum Gasteiger partial charge on any atom is 0.416 e. The number of hydrogen-bond donors (Lipinski definition) is 0. The first-order valence-electron chi connectivity index (χ1n) is 4.35. The summed E-state index contributed by atoms with van der Waals surface area (Å²) in [6, 6.07) is 0. The Morgan fingerprint density at radius 2 is 1.69 bits per heavy atom. The highest BCUT2D eigenvalue weighted by molar-refractivity contribution is 5.42. The number of hydrogen-bond acceptors (Lipinski definition) is 0. The SMILES string of the molecule is CC(=C1C=C(C(F)(F)F)C=CC1)C(F)(F)F. The second-order valence-electron chi connectivity index (χ2n) is 3.35. The van der Waals surface area contributed by atoms with E-state index in [9.17, 15) is 26.3 Å². The van der Waals surface area contributed by atoms with Crippen molar-refractivity contribution in [3.8, 4) is 0 Å². The predicted molar refractivity (Wildman–Crippen MR) is 46.7 cm³/mol. The third-order valence-corrected chi connectivity index (χ3v) is 2.20. The van der Waals surface area contributed by atoms with E-state index in [0.717, 1.165) is 19.1 Å². The van der Waals surface area contributed by atoms with Crippen LogP contribution < -0.4 is 0 Å². The van der Waals surface area contributed by atoms with Crippen molar-refractivity contribution in [2.24, 2.45) is 0 Å². The molecule has 0 saturated heterocycles. The third kappa shape index (κ3) is 2.90. The standard InChI is InChI=1S/C10H8F6/c1-6(9(11,12)13)7-3-2-4-8(5-7)10(14,15)16/h2,4-5H,3H2,1H3. The average molecular weight is 242 g/mol. The molecule has 0 aliphatic heterocycles. The first-order valence-corrected chi connectivity index (χ1v) is 4.35. The Morgan fingerprint density at radius 1 is 1.12 bits per heavy atom. The van der Waals surface area contributed by atoms with Gasteiger partial charge in [0.25, 0.3) is 0 Å². The summed E-state index contributed by atoms with van der Waals surface area (Å²) in [7, 11) is 0. The van der Waals surface area contributed by atoms with Crippen molar-refractivity contribution >= 4 is 0 Å². The summed E-state index contributed by atoms with van der Waals surface area (Å²) in [6.07, 6.45) is -6.93. The molecule has 0 N–H and O–H groups in total.